The number of amides is 1. The number of hydrogen-bond donors (Lipinski definition) is 2. The van der Waals surface area contributed by atoms with Crippen LogP contribution in [0.4, 0.5) is 0 Å². The monoisotopic (exact) mass is 401 g/mol. The molecule has 30 heavy (non-hydrogen) atoms. The highest BCUT2D eigenvalue weighted by Gasteiger charge is 2.31. The number of nitrogens with zero attached hydrogens (tertiary/aromatic N) is 3. The Morgan fingerprint density at radius 1 is 1.10 bits per heavy atom. The Bertz CT molecular complexity index is 1020. The summed E-state index contributed by atoms with van der Waals surface area (Å²) in [6.45, 7) is 0.994. The molecule has 6 heteroatoms. The average molecular weight is 402 g/mol. The van der Waals surface area contributed by atoms with Crippen molar-refractivity contribution in [1.82, 2.24) is 4.90 Å². The molecule has 1 aliphatic heterocycles. The fraction of sp³-hybridized carbons (Fsp3) is 0.208. The highest BCUT2D eigenvalue weighted by molar-refractivity contribution is 6.44. The van der Waals surface area contributed by atoms with E-state index in [2.05, 4.69) is 16.1 Å². The van der Waals surface area contributed by atoms with Crippen LogP contribution in [-0.4, -0.2) is 43.4 Å². The molecule has 0 aliphatic carbocycles. The van der Waals surface area contributed by atoms with E-state index < -0.39 is 0 Å². The number of benzene rings is 2. The summed E-state index contributed by atoms with van der Waals surface area (Å²) in [5.41, 5.74) is 16.9. The van der Waals surface area contributed by atoms with E-state index in [0.29, 0.717) is 24.5 Å². The number of carbonyl (C=O) groups excluding carboxylic acids is 1. The van der Waals surface area contributed by atoms with Crippen molar-refractivity contribution in [2.45, 2.75) is 12.5 Å². The van der Waals surface area contributed by atoms with Gasteiger partial charge in [0.15, 0.2) is 0 Å². The fourth-order valence-electron chi connectivity index (χ4n) is 3.69. The summed E-state index contributed by atoms with van der Waals surface area (Å²) in [4.78, 5) is 23.5. The van der Waals surface area contributed by atoms with Crippen molar-refractivity contribution in [3.05, 3.63) is 89.1 Å². The first-order chi connectivity index (χ1) is 14.6. The molecule has 0 aromatic heterocycles. The maximum Gasteiger partial charge on any atom is 0.272 e. The molecule has 0 saturated carbocycles. The van der Waals surface area contributed by atoms with Crippen LogP contribution in [0, 0.1) is 0 Å². The lowest BCUT2D eigenvalue weighted by Crippen LogP contribution is -2.42. The molecule has 1 amide bonds. The number of rotatable bonds is 5. The van der Waals surface area contributed by atoms with E-state index in [4.69, 9.17) is 11.5 Å². The van der Waals surface area contributed by atoms with E-state index >= 15 is 0 Å². The Morgan fingerprint density at radius 3 is 2.47 bits per heavy atom. The minimum absolute atomic E-state index is 0.0545. The Morgan fingerprint density at radius 2 is 1.80 bits per heavy atom. The Balaban J connectivity index is 1.92. The lowest BCUT2D eigenvalue weighted by Gasteiger charge is -2.35. The third-order valence-corrected chi connectivity index (χ3v) is 5.21. The van der Waals surface area contributed by atoms with Gasteiger partial charge in [-0.3, -0.25) is 14.8 Å². The summed E-state index contributed by atoms with van der Waals surface area (Å²) in [5, 5.41) is 0. The zero-order valence-electron chi connectivity index (χ0n) is 17.3. The summed E-state index contributed by atoms with van der Waals surface area (Å²) in [7, 11) is 3.31. The zero-order valence-corrected chi connectivity index (χ0v) is 17.3. The molecule has 0 fully saturated rings. The molecule has 0 spiro atoms. The molecule has 1 heterocycles. The summed E-state index contributed by atoms with van der Waals surface area (Å²) in [6, 6.07) is 17.6. The number of carbonyl (C=O) groups is 1. The second-order valence-electron chi connectivity index (χ2n) is 7.07. The second-order valence-corrected chi connectivity index (χ2v) is 7.07. The van der Waals surface area contributed by atoms with Crippen molar-refractivity contribution in [2.24, 2.45) is 21.5 Å². The van der Waals surface area contributed by atoms with Gasteiger partial charge in [-0.1, -0.05) is 54.6 Å². The normalized spacial score (nSPS) is 17.9. The van der Waals surface area contributed by atoms with Crippen molar-refractivity contribution in [2.75, 3.05) is 20.6 Å². The third-order valence-electron chi connectivity index (χ3n) is 5.21. The van der Waals surface area contributed by atoms with Crippen LogP contribution in [0.15, 0.2) is 82.4 Å². The number of hydrogen-bond acceptors (Lipinski definition) is 5. The van der Waals surface area contributed by atoms with Gasteiger partial charge in [0.05, 0.1) is 0 Å². The van der Waals surface area contributed by atoms with Gasteiger partial charge in [0.2, 0.25) is 0 Å². The summed E-state index contributed by atoms with van der Waals surface area (Å²) < 4.78 is 0. The first kappa shape index (κ1) is 21.0. The topological polar surface area (TPSA) is 97.1 Å². The van der Waals surface area contributed by atoms with E-state index in [9.17, 15) is 4.79 Å². The van der Waals surface area contributed by atoms with Gasteiger partial charge in [0.25, 0.3) is 5.91 Å². The van der Waals surface area contributed by atoms with Gasteiger partial charge in [-0.05, 0) is 34.5 Å². The molecule has 0 bridgehead atoms. The molecular formula is C24H27N5O. The molecular weight excluding hydrogens is 374 g/mol. The SMILES string of the molecule is CN=CC(=CN)C1CN(C(=O)C(C=C(N)c2ccccc2)=NC)Cc2ccccc21. The second kappa shape index (κ2) is 9.69. The highest BCUT2D eigenvalue weighted by Crippen LogP contribution is 2.33. The molecule has 154 valence electrons. The number of aliphatic imine (C=N–C) groups is 2. The molecule has 6 nitrogen and oxygen atoms in total. The van der Waals surface area contributed by atoms with Gasteiger partial charge in [-0.25, -0.2) is 0 Å². The van der Waals surface area contributed by atoms with Crippen LogP contribution in [0.25, 0.3) is 5.70 Å². The van der Waals surface area contributed by atoms with Crippen LogP contribution in [0.5, 0.6) is 0 Å². The van der Waals surface area contributed by atoms with Crippen LogP contribution in [0.3, 0.4) is 0 Å². The maximum absolute atomic E-state index is 13.3. The van der Waals surface area contributed by atoms with E-state index in [0.717, 1.165) is 22.3 Å². The van der Waals surface area contributed by atoms with Gasteiger partial charge in [-0.2, -0.15) is 0 Å². The first-order valence-corrected chi connectivity index (χ1v) is 9.79. The standard InChI is InChI=1S/C24H27N5O/c1-27-14-19(13-25)21-16-29(15-18-10-6-7-11-20(18)21)24(30)23(28-2)12-22(26)17-8-4-3-5-9-17/h3-14,21H,15-16,25-26H2,1-2H3. The van der Waals surface area contributed by atoms with Crippen LogP contribution in [-0.2, 0) is 11.3 Å². The minimum atomic E-state index is -0.166. The van der Waals surface area contributed by atoms with Crippen LogP contribution >= 0.6 is 0 Å². The van der Waals surface area contributed by atoms with Crippen molar-refractivity contribution >= 4 is 23.5 Å². The molecule has 2 aromatic rings. The van der Waals surface area contributed by atoms with E-state index in [1.165, 1.54) is 0 Å². The Labute approximate surface area is 177 Å². The third kappa shape index (κ3) is 4.49. The Hall–Kier alpha value is -3.67. The van der Waals surface area contributed by atoms with Crippen molar-refractivity contribution in [1.29, 1.82) is 0 Å². The zero-order chi connectivity index (χ0) is 21.5. The van der Waals surface area contributed by atoms with Crippen LogP contribution in [0.1, 0.15) is 22.6 Å². The Kier molecular flexibility index (Phi) is 6.80. The molecule has 1 atom stereocenters. The van der Waals surface area contributed by atoms with Crippen molar-refractivity contribution in [3.8, 4) is 0 Å². The lowest BCUT2D eigenvalue weighted by molar-refractivity contribution is -0.125. The summed E-state index contributed by atoms with van der Waals surface area (Å²) >= 11 is 0. The number of fused-ring (bicyclic) bond motifs is 1. The molecule has 4 N–H and O–H groups in total. The maximum atomic E-state index is 13.3. The fourth-order valence-corrected chi connectivity index (χ4v) is 3.69. The molecule has 1 aliphatic rings. The van der Waals surface area contributed by atoms with Crippen LogP contribution in [0.2, 0.25) is 0 Å². The van der Waals surface area contributed by atoms with Gasteiger partial charge in [-0.15, -0.1) is 0 Å². The van der Waals surface area contributed by atoms with Gasteiger partial charge in [0.1, 0.15) is 5.71 Å². The largest absolute Gasteiger partial charge is 0.404 e. The summed E-state index contributed by atoms with van der Waals surface area (Å²) in [5.74, 6) is -0.221. The average Bonchev–Trinajstić information content (AvgIpc) is 2.80. The minimum Gasteiger partial charge on any atom is -0.404 e. The smallest absolute Gasteiger partial charge is 0.272 e. The van der Waals surface area contributed by atoms with Crippen molar-refractivity contribution in [3.63, 3.8) is 0 Å². The highest BCUT2D eigenvalue weighted by atomic mass is 16.2. The number of nitrogens with two attached hydrogens (primary N) is 2. The molecule has 3 rings (SSSR count). The van der Waals surface area contributed by atoms with E-state index in [1.807, 2.05) is 48.5 Å². The van der Waals surface area contributed by atoms with Gasteiger partial charge < -0.3 is 16.4 Å². The van der Waals surface area contributed by atoms with E-state index in [-0.39, 0.29) is 11.8 Å². The van der Waals surface area contributed by atoms with Crippen molar-refractivity contribution < 1.29 is 4.79 Å². The molecule has 1 unspecified atom stereocenters. The molecule has 2 aromatic carbocycles. The molecule has 0 radical (unpaired) electrons. The van der Waals surface area contributed by atoms with E-state index in [1.54, 1.807) is 37.5 Å². The predicted molar refractivity (Wildman–Crippen MR) is 123 cm³/mol. The van der Waals surface area contributed by atoms with Gasteiger partial charge >= 0.3 is 0 Å². The summed E-state index contributed by atoms with van der Waals surface area (Å²) in [6.07, 6.45) is 4.95. The predicted octanol–water partition coefficient (Wildman–Crippen LogP) is 2.73. The quantitative estimate of drug-likeness (QED) is 0.754. The molecule has 0 saturated heterocycles. The lowest BCUT2D eigenvalue weighted by atomic mass is 9.84. The van der Waals surface area contributed by atoms with Crippen LogP contribution < -0.4 is 11.5 Å². The van der Waals surface area contributed by atoms with Gasteiger partial charge in [0, 0.05) is 45.0 Å². The first-order valence-electron chi connectivity index (χ1n) is 9.79.